The molecule has 0 aliphatic carbocycles. The van der Waals surface area contributed by atoms with Crippen molar-refractivity contribution < 1.29 is 21.6 Å². The van der Waals surface area contributed by atoms with E-state index >= 15 is 0 Å². The fraction of sp³-hybridized carbons (Fsp3) is 0.0833. The molecule has 0 aliphatic heterocycles. The Hall–Kier alpha value is -2.13. The van der Waals surface area contributed by atoms with Crippen LogP contribution in [0.3, 0.4) is 0 Å². The summed E-state index contributed by atoms with van der Waals surface area (Å²) in [6, 6.07) is 3.73. The molecule has 0 unspecified atom stereocenters. The van der Waals surface area contributed by atoms with E-state index in [4.69, 9.17) is 5.73 Å². The first-order chi connectivity index (χ1) is 9.83. The van der Waals surface area contributed by atoms with Crippen LogP contribution >= 0.6 is 0 Å². The first kappa shape index (κ1) is 15.3. The molecule has 1 aromatic carbocycles. The van der Waals surface area contributed by atoms with Crippen molar-refractivity contribution in [2.45, 2.75) is 11.4 Å². The van der Waals surface area contributed by atoms with Crippen LogP contribution < -0.4 is 10.5 Å². The van der Waals surface area contributed by atoms with Crippen molar-refractivity contribution in [1.29, 1.82) is 0 Å². The standard InChI is InChI=1S/C12H10F3N3O2S/c13-10-3-8(4-11(14)12(10)15)18-21(19,20)9-2-1-7(5-16)17-6-9/h1-4,6,18H,5,16H2. The molecular formula is C12H10F3N3O2S. The average Bonchev–Trinajstić information content (AvgIpc) is 2.44. The third kappa shape index (κ3) is 3.31. The zero-order valence-corrected chi connectivity index (χ0v) is 11.3. The zero-order valence-electron chi connectivity index (χ0n) is 10.5. The summed E-state index contributed by atoms with van der Waals surface area (Å²) < 4.78 is 64.8. The number of halogens is 3. The van der Waals surface area contributed by atoms with Crippen LogP contribution in [-0.2, 0) is 16.6 Å². The number of nitrogens with one attached hydrogen (secondary N) is 1. The molecule has 3 N–H and O–H groups in total. The Morgan fingerprint density at radius 1 is 1.14 bits per heavy atom. The molecule has 0 spiro atoms. The Labute approximate surface area is 118 Å². The summed E-state index contributed by atoms with van der Waals surface area (Å²) in [4.78, 5) is 3.58. The Kier molecular flexibility index (Phi) is 4.14. The summed E-state index contributed by atoms with van der Waals surface area (Å²) in [5.74, 6) is -4.67. The SMILES string of the molecule is NCc1ccc(S(=O)(=O)Nc2cc(F)c(F)c(F)c2)cn1. The van der Waals surface area contributed by atoms with E-state index in [-0.39, 0.29) is 11.4 Å². The third-order valence-electron chi connectivity index (χ3n) is 2.55. The van der Waals surface area contributed by atoms with Gasteiger partial charge in [0.15, 0.2) is 17.5 Å². The Morgan fingerprint density at radius 2 is 1.76 bits per heavy atom. The lowest BCUT2D eigenvalue weighted by molar-refractivity contribution is 0.448. The van der Waals surface area contributed by atoms with E-state index in [0.717, 1.165) is 6.20 Å². The van der Waals surface area contributed by atoms with Gasteiger partial charge < -0.3 is 5.73 Å². The number of hydrogen-bond acceptors (Lipinski definition) is 4. The van der Waals surface area contributed by atoms with Gasteiger partial charge in [-0.3, -0.25) is 9.71 Å². The van der Waals surface area contributed by atoms with Crippen LogP contribution in [-0.4, -0.2) is 13.4 Å². The predicted octanol–water partition coefficient (Wildman–Crippen LogP) is 1.76. The highest BCUT2D eigenvalue weighted by Crippen LogP contribution is 2.20. The van der Waals surface area contributed by atoms with Gasteiger partial charge in [-0.2, -0.15) is 0 Å². The van der Waals surface area contributed by atoms with E-state index in [1.54, 1.807) is 0 Å². The quantitative estimate of drug-likeness (QED) is 0.842. The summed E-state index contributed by atoms with van der Waals surface area (Å²) in [7, 11) is -4.09. The largest absolute Gasteiger partial charge is 0.325 e. The maximum Gasteiger partial charge on any atom is 0.263 e. The van der Waals surface area contributed by atoms with Gasteiger partial charge in [-0.05, 0) is 12.1 Å². The van der Waals surface area contributed by atoms with Gasteiger partial charge in [-0.15, -0.1) is 0 Å². The minimum atomic E-state index is -4.09. The number of sulfonamides is 1. The third-order valence-corrected chi connectivity index (χ3v) is 3.92. The maximum atomic E-state index is 13.0. The second kappa shape index (κ2) is 5.70. The van der Waals surface area contributed by atoms with Crippen molar-refractivity contribution in [2.24, 2.45) is 5.73 Å². The van der Waals surface area contributed by atoms with Crippen LogP contribution in [0.1, 0.15) is 5.69 Å². The van der Waals surface area contributed by atoms with Gasteiger partial charge in [-0.25, -0.2) is 21.6 Å². The monoisotopic (exact) mass is 317 g/mol. The Bertz CT molecular complexity index is 741. The number of anilines is 1. The van der Waals surface area contributed by atoms with E-state index < -0.39 is 33.2 Å². The Morgan fingerprint density at radius 3 is 2.24 bits per heavy atom. The molecule has 0 amide bonds. The minimum absolute atomic E-state index is 0.141. The molecule has 0 atom stereocenters. The van der Waals surface area contributed by atoms with Crippen molar-refractivity contribution in [3.05, 3.63) is 53.6 Å². The maximum absolute atomic E-state index is 13.0. The molecule has 0 saturated carbocycles. The molecule has 0 aliphatic rings. The van der Waals surface area contributed by atoms with Gasteiger partial charge >= 0.3 is 0 Å². The smallest absolute Gasteiger partial charge is 0.263 e. The Balaban J connectivity index is 2.32. The van der Waals surface area contributed by atoms with Gasteiger partial charge in [0.25, 0.3) is 10.0 Å². The summed E-state index contributed by atoms with van der Waals surface area (Å²) >= 11 is 0. The molecule has 0 fully saturated rings. The van der Waals surface area contributed by atoms with Crippen molar-refractivity contribution in [3.8, 4) is 0 Å². The number of hydrogen-bond donors (Lipinski definition) is 2. The number of pyridine rings is 1. The molecule has 9 heteroatoms. The van der Waals surface area contributed by atoms with E-state index in [9.17, 15) is 21.6 Å². The molecule has 112 valence electrons. The second-order valence-electron chi connectivity index (χ2n) is 4.05. The normalized spacial score (nSPS) is 11.4. The molecule has 0 bridgehead atoms. The van der Waals surface area contributed by atoms with Crippen molar-refractivity contribution in [1.82, 2.24) is 4.98 Å². The van der Waals surface area contributed by atoms with Crippen LogP contribution in [0.2, 0.25) is 0 Å². The van der Waals surface area contributed by atoms with Crippen LogP contribution in [0.5, 0.6) is 0 Å². The average molecular weight is 317 g/mol. The van der Waals surface area contributed by atoms with Crippen molar-refractivity contribution >= 4 is 15.7 Å². The first-order valence-corrected chi connectivity index (χ1v) is 7.14. The van der Waals surface area contributed by atoms with Crippen LogP contribution in [0, 0.1) is 17.5 Å². The van der Waals surface area contributed by atoms with Gasteiger partial charge in [0.2, 0.25) is 0 Å². The van der Waals surface area contributed by atoms with Gasteiger partial charge in [0.1, 0.15) is 4.90 Å². The first-order valence-electron chi connectivity index (χ1n) is 5.66. The molecule has 1 heterocycles. The number of rotatable bonds is 4. The number of nitrogens with zero attached hydrogens (tertiary/aromatic N) is 1. The van der Waals surface area contributed by atoms with Crippen LogP contribution in [0.15, 0.2) is 35.4 Å². The zero-order chi connectivity index (χ0) is 15.6. The highest BCUT2D eigenvalue weighted by molar-refractivity contribution is 7.92. The summed E-state index contributed by atoms with van der Waals surface area (Å²) in [5.41, 5.74) is 5.38. The lowest BCUT2D eigenvalue weighted by Crippen LogP contribution is -2.14. The van der Waals surface area contributed by atoms with E-state index in [0.29, 0.717) is 17.8 Å². The van der Waals surface area contributed by atoms with Gasteiger partial charge in [0, 0.05) is 24.9 Å². The summed E-state index contributed by atoms with van der Waals surface area (Å²) in [6.07, 6.45) is 1.06. The number of aromatic nitrogens is 1. The highest BCUT2D eigenvalue weighted by Gasteiger charge is 2.17. The molecule has 2 aromatic rings. The fourth-order valence-electron chi connectivity index (χ4n) is 1.52. The highest BCUT2D eigenvalue weighted by atomic mass is 32.2. The topological polar surface area (TPSA) is 85.1 Å². The molecule has 21 heavy (non-hydrogen) atoms. The number of nitrogens with two attached hydrogens (primary N) is 1. The van der Waals surface area contributed by atoms with E-state index in [1.165, 1.54) is 12.1 Å². The molecule has 2 rings (SSSR count). The van der Waals surface area contributed by atoms with Crippen molar-refractivity contribution in [2.75, 3.05) is 4.72 Å². The molecule has 0 saturated heterocycles. The number of benzene rings is 1. The summed E-state index contributed by atoms with van der Waals surface area (Å²) in [5, 5.41) is 0. The van der Waals surface area contributed by atoms with E-state index in [2.05, 4.69) is 4.98 Å². The predicted molar refractivity (Wildman–Crippen MR) is 69.3 cm³/mol. The molecule has 1 aromatic heterocycles. The lowest BCUT2D eigenvalue weighted by Gasteiger charge is -2.09. The second-order valence-corrected chi connectivity index (χ2v) is 5.73. The van der Waals surface area contributed by atoms with E-state index in [1.807, 2.05) is 4.72 Å². The fourth-order valence-corrected chi connectivity index (χ4v) is 2.50. The summed E-state index contributed by atoms with van der Waals surface area (Å²) in [6.45, 7) is 0.141. The van der Waals surface area contributed by atoms with Crippen molar-refractivity contribution in [3.63, 3.8) is 0 Å². The minimum Gasteiger partial charge on any atom is -0.325 e. The molecular weight excluding hydrogens is 307 g/mol. The lowest BCUT2D eigenvalue weighted by atomic mass is 10.3. The van der Waals surface area contributed by atoms with Crippen LogP contribution in [0.4, 0.5) is 18.9 Å². The van der Waals surface area contributed by atoms with Gasteiger partial charge in [0.05, 0.1) is 11.4 Å². The van der Waals surface area contributed by atoms with Crippen LogP contribution in [0.25, 0.3) is 0 Å². The molecule has 5 nitrogen and oxygen atoms in total. The van der Waals surface area contributed by atoms with Gasteiger partial charge in [-0.1, -0.05) is 0 Å². The molecule has 0 radical (unpaired) electrons.